The molecule has 2 aromatic carbocycles. The van der Waals surface area contributed by atoms with Gasteiger partial charge in [-0.25, -0.2) is 4.79 Å². The van der Waals surface area contributed by atoms with Gasteiger partial charge in [0.25, 0.3) is 0 Å². The van der Waals surface area contributed by atoms with Gasteiger partial charge in [0.1, 0.15) is 11.7 Å². The molecule has 9 nitrogen and oxygen atoms in total. The molecule has 0 aromatic heterocycles. The molecule has 0 N–H and O–H groups in total. The van der Waals surface area contributed by atoms with Crippen LogP contribution in [0.2, 0.25) is 0 Å². The standard InChI is InChI=1S/C31H35NO8/c1-7-39-30(34)25-17(3)32-21-16-20(19-11-9-10-12-22(19)36-4)27(31(35)40-8-2)29(33)28(21)26(25)18-13-14-23(37-5)24(15-18)38-6/h9-15,20,26-28H,7-8,16H2,1-6H3/t20-,26+,27-,28?/m0/s1. The smallest absolute Gasteiger partial charge is 0.336 e. The van der Waals surface area contributed by atoms with Crippen LogP contribution in [-0.2, 0) is 23.9 Å². The summed E-state index contributed by atoms with van der Waals surface area (Å²) in [5.41, 5.74) is 2.69. The van der Waals surface area contributed by atoms with Gasteiger partial charge in [0, 0.05) is 23.2 Å². The molecule has 0 amide bonds. The van der Waals surface area contributed by atoms with Gasteiger partial charge in [-0.05, 0) is 56.5 Å². The van der Waals surface area contributed by atoms with Crippen LogP contribution in [0.15, 0.2) is 58.7 Å². The van der Waals surface area contributed by atoms with Crippen molar-refractivity contribution in [3.63, 3.8) is 0 Å². The van der Waals surface area contributed by atoms with E-state index in [0.717, 1.165) is 5.56 Å². The zero-order chi connectivity index (χ0) is 29.0. The molecule has 212 valence electrons. The third-order valence-electron chi connectivity index (χ3n) is 7.49. The minimum absolute atomic E-state index is 0.124. The SMILES string of the molecule is CCOC(=O)C1=C(C)N=C2C[C@@H](c3ccccc3OC)[C@H](C(=O)OCC)C(=O)C2[C@@H]1c1ccc(OC)c(OC)c1. The molecule has 2 aromatic rings. The van der Waals surface area contributed by atoms with E-state index in [9.17, 15) is 14.4 Å². The average Bonchev–Trinajstić information content (AvgIpc) is 2.95. The first kappa shape index (κ1) is 28.9. The van der Waals surface area contributed by atoms with Crippen LogP contribution in [0.1, 0.15) is 50.2 Å². The molecule has 0 radical (unpaired) electrons. The first-order chi connectivity index (χ1) is 19.3. The van der Waals surface area contributed by atoms with Gasteiger partial charge in [-0.3, -0.25) is 14.6 Å². The maximum atomic E-state index is 14.5. The van der Waals surface area contributed by atoms with Gasteiger partial charge < -0.3 is 23.7 Å². The molecule has 0 saturated heterocycles. The lowest BCUT2D eigenvalue weighted by atomic mass is 9.62. The molecule has 40 heavy (non-hydrogen) atoms. The summed E-state index contributed by atoms with van der Waals surface area (Å²) in [6.07, 6.45) is 0.303. The number of ether oxygens (including phenoxy) is 5. The van der Waals surface area contributed by atoms with E-state index in [1.54, 1.807) is 52.1 Å². The first-order valence-electron chi connectivity index (χ1n) is 13.3. The van der Waals surface area contributed by atoms with E-state index in [1.807, 2.05) is 18.2 Å². The van der Waals surface area contributed by atoms with E-state index >= 15 is 0 Å². The van der Waals surface area contributed by atoms with Crippen molar-refractivity contribution < 1.29 is 38.1 Å². The van der Waals surface area contributed by atoms with Crippen molar-refractivity contribution in [3.8, 4) is 17.2 Å². The number of methoxy groups -OCH3 is 3. The van der Waals surface area contributed by atoms with Crippen LogP contribution in [0.4, 0.5) is 0 Å². The summed E-state index contributed by atoms with van der Waals surface area (Å²) in [5.74, 6) is -3.34. The van der Waals surface area contributed by atoms with Gasteiger partial charge in [-0.2, -0.15) is 0 Å². The number of Topliss-reactive ketones (excluding diaryl/α,β-unsaturated/α-hetero) is 1. The highest BCUT2D eigenvalue weighted by Crippen LogP contribution is 2.50. The predicted molar refractivity (Wildman–Crippen MR) is 148 cm³/mol. The van der Waals surface area contributed by atoms with Gasteiger partial charge in [0.2, 0.25) is 0 Å². The number of rotatable bonds is 9. The number of carbonyl (C=O) groups excluding carboxylic acids is 3. The minimum Gasteiger partial charge on any atom is -0.496 e. The van der Waals surface area contributed by atoms with Crippen molar-refractivity contribution in [3.05, 3.63) is 64.9 Å². The zero-order valence-corrected chi connectivity index (χ0v) is 23.7. The summed E-state index contributed by atoms with van der Waals surface area (Å²) in [5, 5.41) is 0. The van der Waals surface area contributed by atoms with Crippen molar-refractivity contribution >= 4 is 23.4 Å². The predicted octanol–water partition coefficient (Wildman–Crippen LogP) is 4.64. The summed E-state index contributed by atoms with van der Waals surface area (Å²) in [6, 6.07) is 12.6. The Hall–Kier alpha value is -4.14. The number of allylic oxidation sites excluding steroid dienone is 1. The molecule has 1 saturated carbocycles. The van der Waals surface area contributed by atoms with Crippen molar-refractivity contribution in [2.24, 2.45) is 16.8 Å². The summed E-state index contributed by atoms with van der Waals surface area (Å²) < 4.78 is 27.4. The fourth-order valence-corrected chi connectivity index (χ4v) is 5.83. The lowest BCUT2D eigenvalue weighted by Gasteiger charge is -2.41. The van der Waals surface area contributed by atoms with Crippen LogP contribution in [0.3, 0.4) is 0 Å². The second kappa shape index (κ2) is 12.4. The Morgan fingerprint density at radius 3 is 2.20 bits per heavy atom. The molecule has 0 spiro atoms. The van der Waals surface area contributed by atoms with Gasteiger partial charge in [0.15, 0.2) is 17.3 Å². The lowest BCUT2D eigenvalue weighted by Crippen LogP contribution is -2.48. The number of benzene rings is 2. The molecule has 9 heteroatoms. The third-order valence-corrected chi connectivity index (χ3v) is 7.49. The topological polar surface area (TPSA) is 110 Å². The second-order valence-corrected chi connectivity index (χ2v) is 9.58. The molecular weight excluding hydrogens is 514 g/mol. The molecule has 1 aliphatic heterocycles. The van der Waals surface area contributed by atoms with Gasteiger partial charge in [-0.1, -0.05) is 24.3 Å². The maximum absolute atomic E-state index is 14.5. The van der Waals surface area contributed by atoms with Crippen LogP contribution < -0.4 is 14.2 Å². The molecule has 4 atom stereocenters. The summed E-state index contributed by atoms with van der Waals surface area (Å²) in [4.78, 5) is 46.0. The van der Waals surface area contributed by atoms with Crippen LogP contribution in [-0.4, -0.2) is 58.0 Å². The zero-order valence-electron chi connectivity index (χ0n) is 23.7. The van der Waals surface area contributed by atoms with E-state index < -0.39 is 35.6 Å². The monoisotopic (exact) mass is 549 g/mol. The second-order valence-electron chi connectivity index (χ2n) is 9.58. The number of hydrogen-bond acceptors (Lipinski definition) is 9. The van der Waals surface area contributed by atoms with E-state index in [-0.39, 0.29) is 24.6 Å². The highest BCUT2D eigenvalue weighted by Gasteiger charge is 2.53. The summed E-state index contributed by atoms with van der Waals surface area (Å²) >= 11 is 0. The molecule has 1 unspecified atom stereocenters. The van der Waals surface area contributed by atoms with Crippen LogP contribution >= 0.6 is 0 Å². The van der Waals surface area contributed by atoms with E-state index in [2.05, 4.69) is 0 Å². The van der Waals surface area contributed by atoms with Crippen molar-refractivity contribution in [2.75, 3.05) is 34.5 Å². The van der Waals surface area contributed by atoms with Gasteiger partial charge in [-0.15, -0.1) is 0 Å². The molecule has 2 aliphatic rings. The minimum atomic E-state index is -1.12. The quantitative estimate of drug-likeness (QED) is 0.329. The van der Waals surface area contributed by atoms with Crippen molar-refractivity contribution in [1.29, 1.82) is 0 Å². The Morgan fingerprint density at radius 1 is 0.875 bits per heavy atom. The number of carbonyl (C=O) groups is 3. The van der Waals surface area contributed by atoms with Gasteiger partial charge >= 0.3 is 11.9 Å². The fourth-order valence-electron chi connectivity index (χ4n) is 5.83. The normalized spacial score (nSPS) is 22.1. The van der Waals surface area contributed by atoms with E-state index in [1.165, 1.54) is 14.2 Å². The van der Waals surface area contributed by atoms with Crippen LogP contribution in [0.25, 0.3) is 0 Å². The summed E-state index contributed by atoms with van der Waals surface area (Å²) in [7, 11) is 4.60. The molecule has 1 aliphatic carbocycles. The summed E-state index contributed by atoms with van der Waals surface area (Å²) in [6.45, 7) is 5.44. The lowest BCUT2D eigenvalue weighted by molar-refractivity contribution is -0.153. The van der Waals surface area contributed by atoms with E-state index in [4.69, 9.17) is 28.7 Å². The molecule has 0 bridgehead atoms. The van der Waals surface area contributed by atoms with Crippen LogP contribution in [0.5, 0.6) is 17.2 Å². The Balaban J connectivity index is 1.93. The number of fused-ring (bicyclic) bond motifs is 1. The Morgan fingerprint density at radius 2 is 1.55 bits per heavy atom. The Labute approximate surface area is 234 Å². The third kappa shape index (κ3) is 5.20. The number of ketones is 1. The highest BCUT2D eigenvalue weighted by molar-refractivity contribution is 6.18. The first-order valence-corrected chi connectivity index (χ1v) is 13.3. The fraction of sp³-hybridized carbons (Fsp3) is 0.419. The van der Waals surface area contributed by atoms with Crippen LogP contribution in [0, 0.1) is 11.8 Å². The number of para-hydroxylation sites is 1. The number of aliphatic imine (C=N–C) groups is 1. The molecule has 1 fully saturated rings. The number of esters is 2. The maximum Gasteiger partial charge on any atom is 0.336 e. The highest BCUT2D eigenvalue weighted by atomic mass is 16.5. The van der Waals surface area contributed by atoms with Crippen molar-refractivity contribution in [1.82, 2.24) is 0 Å². The Bertz CT molecular complexity index is 1360. The van der Waals surface area contributed by atoms with Gasteiger partial charge in [0.05, 0.1) is 46.0 Å². The number of hydrogen-bond donors (Lipinski definition) is 0. The van der Waals surface area contributed by atoms with E-state index in [0.29, 0.717) is 40.6 Å². The molecule has 1 heterocycles. The Kier molecular flexibility index (Phi) is 8.92. The molecule has 4 rings (SSSR count). The number of nitrogens with zero attached hydrogens (tertiary/aromatic N) is 1. The largest absolute Gasteiger partial charge is 0.496 e. The molecular formula is C31H35NO8. The van der Waals surface area contributed by atoms with Crippen molar-refractivity contribution in [2.45, 2.75) is 39.0 Å². The average molecular weight is 550 g/mol.